The van der Waals surface area contributed by atoms with Gasteiger partial charge in [-0.25, -0.2) is 9.97 Å². The first-order valence-corrected chi connectivity index (χ1v) is 11.6. The van der Waals surface area contributed by atoms with E-state index in [-0.39, 0.29) is 11.7 Å². The second kappa shape index (κ2) is 9.95. The molecule has 0 aliphatic carbocycles. The van der Waals surface area contributed by atoms with Crippen LogP contribution in [0.1, 0.15) is 28.6 Å². The second-order valence-electron chi connectivity index (χ2n) is 7.89. The van der Waals surface area contributed by atoms with Gasteiger partial charge in [0.05, 0.1) is 12.9 Å². The molecule has 0 saturated heterocycles. The van der Waals surface area contributed by atoms with E-state index in [1.54, 1.807) is 19.5 Å². The molecule has 2 aromatic heterocycles. The highest BCUT2D eigenvalue weighted by atomic mass is 32.2. The van der Waals surface area contributed by atoms with Gasteiger partial charge in [0.1, 0.15) is 17.6 Å². The van der Waals surface area contributed by atoms with Crippen molar-refractivity contribution < 1.29 is 9.53 Å². The van der Waals surface area contributed by atoms with E-state index in [0.29, 0.717) is 0 Å². The van der Waals surface area contributed by atoms with E-state index in [9.17, 15) is 4.79 Å². The second-order valence-corrected chi connectivity index (χ2v) is 8.83. The Morgan fingerprint density at radius 1 is 1.09 bits per heavy atom. The highest BCUT2D eigenvalue weighted by Crippen LogP contribution is 2.26. The summed E-state index contributed by atoms with van der Waals surface area (Å²) in [7, 11) is 3.54. The largest absolute Gasteiger partial charge is 0.497 e. The van der Waals surface area contributed by atoms with E-state index < -0.39 is 6.04 Å². The lowest BCUT2D eigenvalue weighted by atomic mass is 10.1. The molecule has 0 fully saturated rings. The van der Waals surface area contributed by atoms with Crippen molar-refractivity contribution in [2.45, 2.75) is 25.0 Å². The molecule has 2 aromatic carbocycles. The van der Waals surface area contributed by atoms with Gasteiger partial charge >= 0.3 is 0 Å². The van der Waals surface area contributed by atoms with E-state index in [0.717, 1.165) is 28.0 Å². The Morgan fingerprint density at radius 3 is 2.55 bits per heavy atom. The van der Waals surface area contributed by atoms with E-state index >= 15 is 0 Å². The molecule has 0 unspecified atom stereocenters. The van der Waals surface area contributed by atoms with E-state index in [1.807, 2.05) is 52.8 Å². The molecule has 170 valence electrons. The number of nitrogens with one attached hydrogen (secondary N) is 1. The summed E-state index contributed by atoms with van der Waals surface area (Å²) < 4.78 is 9.29. The summed E-state index contributed by atoms with van der Waals surface area (Å²) in [6, 6.07) is 13.6. The molecule has 0 spiro atoms. The molecule has 0 bridgehead atoms. The minimum absolute atomic E-state index is 0.106. The number of aromatic nitrogens is 4. The molecule has 0 aliphatic heterocycles. The molecule has 2 heterocycles. The van der Waals surface area contributed by atoms with Crippen LogP contribution >= 0.6 is 11.8 Å². The number of methoxy groups -OCH3 is 1. The highest BCUT2D eigenvalue weighted by Gasteiger charge is 2.22. The number of hydrogen-bond donors (Lipinski definition) is 1. The first-order chi connectivity index (χ1) is 15.9. The van der Waals surface area contributed by atoms with Crippen LogP contribution in [0.4, 0.5) is 0 Å². The van der Waals surface area contributed by atoms with Gasteiger partial charge in [-0.05, 0) is 54.8 Å². The van der Waals surface area contributed by atoms with Gasteiger partial charge in [0, 0.05) is 37.5 Å². The number of thioether (sulfide) groups is 1. The lowest BCUT2D eigenvalue weighted by molar-refractivity contribution is -0.119. The van der Waals surface area contributed by atoms with Crippen molar-refractivity contribution in [3.63, 3.8) is 0 Å². The van der Waals surface area contributed by atoms with Gasteiger partial charge in [-0.2, -0.15) is 0 Å². The highest BCUT2D eigenvalue weighted by molar-refractivity contribution is 7.99. The number of carbonyl (C=O) groups is 1. The average Bonchev–Trinajstić information content (AvgIpc) is 3.44. The van der Waals surface area contributed by atoms with Gasteiger partial charge in [-0.1, -0.05) is 30.0 Å². The van der Waals surface area contributed by atoms with Crippen molar-refractivity contribution >= 4 is 17.7 Å². The first-order valence-electron chi connectivity index (χ1n) is 10.6. The van der Waals surface area contributed by atoms with Crippen molar-refractivity contribution in [3.8, 4) is 11.4 Å². The fraction of sp³-hybridized carbons (Fsp3) is 0.240. The molecule has 1 amide bonds. The molecular weight excluding hydrogens is 434 g/mol. The number of benzene rings is 2. The normalized spacial score (nSPS) is 11.9. The number of aryl methyl sites for hydroxylation is 3. The molecule has 33 heavy (non-hydrogen) atoms. The van der Waals surface area contributed by atoms with Crippen molar-refractivity contribution in [1.82, 2.24) is 24.4 Å². The van der Waals surface area contributed by atoms with E-state index in [1.165, 1.54) is 22.9 Å². The summed E-state index contributed by atoms with van der Waals surface area (Å²) in [5.41, 5.74) is 4.31. The number of hydrogen-bond acceptors (Lipinski definition) is 5. The SMILES string of the molecule is COc1cccc([C@@H](NC(=O)CSc2nccn2-c2cc(C)cc(C)c2)c2nccn2C)c1. The number of imidazole rings is 2. The fourth-order valence-corrected chi connectivity index (χ4v) is 4.57. The van der Waals surface area contributed by atoms with Gasteiger partial charge < -0.3 is 14.6 Å². The number of amides is 1. The Kier molecular flexibility index (Phi) is 6.84. The van der Waals surface area contributed by atoms with Crippen LogP contribution in [0.5, 0.6) is 5.75 Å². The van der Waals surface area contributed by atoms with Crippen LogP contribution in [0.25, 0.3) is 5.69 Å². The van der Waals surface area contributed by atoms with Crippen LogP contribution < -0.4 is 10.1 Å². The third kappa shape index (κ3) is 5.28. The third-order valence-electron chi connectivity index (χ3n) is 5.27. The summed E-state index contributed by atoms with van der Waals surface area (Å²) >= 11 is 1.40. The zero-order chi connectivity index (χ0) is 23.4. The monoisotopic (exact) mass is 461 g/mol. The lowest BCUT2D eigenvalue weighted by Gasteiger charge is -2.19. The Hall–Kier alpha value is -3.52. The smallest absolute Gasteiger partial charge is 0.231 e. The zero-order valence-corrected chi connectivity index (χ0v) is 20.0. The van der Waals surface area contributed by atoms with Crippen molar-refractivity contribution in [2.24, 2.45) is 7.05 Å². The maximum Gasteiger partial charge on any atom is 0.231 e. The summed E-state index contributed by atoms with van der Waals surface area (Å²) in [5.74, 6) is 1.60. The average molecular weight is 462 g/mol. The van der Waals surface area contributed by atoms with Gasteiger partial charge in [0.2, 0.25) is 5.91 Å². The minimum Gasteiger partial charge on any atom is -0.497 e. The molecular formula is C25H27N5O2S. The summed E-state index contributed by atoms with van der Waals surface area (Å²) in [4.78, 5) is 21.9. The number of nitrogens with zero attached hydrogens (tertiary/aromatic N) is 4. The van der Waals surface area contributed by atoms with Crippen molar-refractivity contribution in [3.05, 3.63) is 89.8 Å². The molecule has 4 rings (SSSR count). The maximum absolute atomic E-state index is 13.0. The van der Waals surface area contributed by atoms with Crippen molar-refractivity contribution in [1.29, 1.82) is 0 Å². The van der Waals surface area contributed by atoms with Gasteiger partial charge in [-0.15, -0.1) is 0 Å². The molecule has 4 aromatic rings. The Labute approximate surface area is 197 Å². The topological polar surface area (TPSA) is 74.0 Å². The standard InChI is InChI=1S/C25H27N5O2S/c1-17-12-18(2)14-20(13-17)30-11-9-27-25(30)33-16-22(31)28-23(24-26-8-10-29(24)3)19-6-5-7-21(15-19)32-4/h5-15,23H,16H2,1-4H3,(H,28,31)/t23-/m1/s1. The molecule has 1 atom stereocenters. The zero-order valence-electron chi connectivity index (χ0n) is 19.1. The number of carbonyl (C=O) groups excluding carboxylic acids is 1. The summed E-state index contributed by atoms with van der Waals surface area (Å²) in [6.07, 6.45) is 7.26. The van der Waals surface area contributed by atoms with Crippen LogP contribution in [-0.4, -0.2) is 37.9 Å². The van der Waals surface area contributed by atoms with E-state index in [2.05, 4.69) is 47.3 Å². The van der Waals surface area contributed by atoms with Crippen LogP contribution in [0.15, 0.2) is 72.4 Å². The predicted molar refractivity (Wildman–Crippen MR) is 130 cm³/mol. The molecule has 0 saturated carbocycles. The van der Waals surface area contributed by atoms with Crippen LogP contribution in [0, 0.1) is 13.8 Å². The Bertz CT molecular complexity index is 1240. The fourth-order valence-electron chi connectivity index (χ4n) is 3.79. The minimum atomic E-state index is -0.396. The molecule has 0 aliphatic rings. The van der Waals surface area contributed by atoms with Gasteiger partial charge in [-0.3, -0.25) is 9.36 Å². The Morgan fingerprint density at radius 2 is 1.85 bits per heavy atom. The predicted octanol–water partition coefficient (Wildman–Crippen LogP) is 4.23. The molecule has 8 heteroatoms. The van der Waals surface area contributed by atoms with Crippen LogP contribution in [0.2, 0.25) is 0 Å². The molecule has 7 nitrogen and oxygen atoms in total. The van der Waals surface area contributed by atoms with Gasteiger partial charge in [0.15, 0.2) is 5.16 Å². The van der Waals surface area contributed by atoms with Crippen LogP contribution in [0.3, 0.4) is 0 Å². The quantitative estimate of drug-likeness (QED) is 0.398. The maximum atomic E-state index is 13.0. The number of ether oxygens (including phenoxy) is 1. The first kappa shape index (κ1) is 22.7. The number of rotatable bonds is 8. The van der Waals surface area contributed by atoms with Crippen molar-refractivity contribution in [2.75, 3.05) is 12.9 Å². The van der Waals surface area contributed by atoms with E-state index in [4.69, 9.17) is 4.74 Å². The lowest BCUT2D eigenvalue weighted by Crippen LogP contribution is -2.32. The molecule has 1 N–H and O–H groups in total. The molecule has 0 radical (unpaired) electrons. The van der Waals surface area contributed by atoms with Gasteiger partial charge in [0.25, 0.3) is 0 Å². The third-order valence-corrected chi connectivity index (χ3v) is 6.24. The van der Waals surface area contributed by atoms with Crippen LogP contribution in [-0.2, 0) is 11.8 Å². The summed E-state index contributed by atoms with van der Waals surface area (Å²) in [6.45, 7) is 4.15. The summed E-state index contributed by atoms with van der Waals surface area (Å²) in [5, 5.41) is 3.90. The Balaban J connectivity index is 1.51.